The molecule has 0 radical (unpaired) electrons. The van der Waals surface area contributed by atoms with Gasteiger partial charge in [0.2, 0.25) is 5.91 Å². The summed E-state index contributed by atoms with van der Waals surface area (Å²) >= 11 is 0. The van der Waals surface area contributed by atoms with Crippen LogP contribution in [0.25, 0.3) is 0 Å². The van der Waals surface area contributed by atoms with Gasteiger partial charge in [-0.3, -0.25) is 9.59 Å². The summed E-state index contributed by atoms with van der Waals surface area (Å²) in [4.78, 5) is 24.7. The van der Waals surface area contributed by atoms with Crippen LogP contribution in [0.5, 0.6) is 0 Å². The summed E-state index contributed by atoms with van der Waals surface area (Å²) < 4.78 is 5.51. The summed E-state index contributed by atoms with van der Waals surface area (Å²) in [6, 6.07) is -0.541. The lowest BCUT2D eigenvalue weighted by molar-refractivity contribution is -0.143. The summed E-state index contributed by atoms with van der Waals surface area (Å²) in [6.45, 7) is 5.00. The van der Waals surface area contributed by atoms with Crippen molar-refractivity contribution < 1.29 is 24.5 Å². The Morgan fingerprint density at radius 2 is 0.580 bits per heavy atom. The lowest BCUT2D eigenvalue weighted by Crippen LogP contribution is -2.45. The van der Waals surface area contributed by atoms with Crippen molar-refractivity contribution in [3.63, 3.8) is 0 Å². The first-order valence-corrected chi connectivity index (χ1v) is 37.4. The molecule has 3 N–H and O–H groups in total. The molecule has 482 valence electrons. The number of hydrogen-bond acceptors (Lipinski definition) is 5. The zero-order valence-electron chi connectivity index (χ0n) is 55.3. The van der Waals surface area contributed by atoms with E-state index in [4.69, 9.17) is 4.74 Å². The van der Waals surface area contributed by atoms with E-state index < -0.39 is 12.1 Å². The standard InChI is InChI=1S/C75H147NO5/c1-3-5-7-9-11-13-15-17-19-21-23-29-32-35-39-43-47-51-55-59-63-67-73(78)72(71-77)76-74(79)68-64-60-56-52-48-44-40-36-33-30-27-25-24-26-28-31-34-38-42-46-50-54-58-62-66-70-81-75(80)69-65-61-57-53-49-45-41-37-22-20-18-16-14-12-10-8-6-4-2/h20,22,72-73,77-78H,3-19,21,23-71H2,1-2H3,(H,76,79)/b22-20-. The van der Waals surface area contributed by atoms with Crippen LogP contribution in [0, 0.1) is 0 Å². The van der Waals surface area contributed by atoms with E-state index in [-0.39, 0.29) is 18.5 Å². The zero-order valence-corrected chi connectivity index (χ0v) is 55.3. The fourth-order valence-electron chi connectivity index (χ4n) is 12.1. The van der Waals surface area contributed by atoms with Gasteiger partial charge in [0.25, 0.3) is 0 Å². The van der Waals surface area contributed by atoms with Crippen molar-refractivity contribution in [2.45, 2.75) is 443 Å². The molecular weight excluding hydrogens is 995 g/mol. The van der Waals surface area contributed by atoms with Crippen molar-refractivity contribution in [1.82, 2.24) is 5.32 Å². The molecule has 81 heavy (non-hydrogen) atoms. The maximum absolute atomic E-state index is 12.6. The van der Waals surface area contributed by atoms with Crippen LogP contribution in [0.4, 0.5) is 0 Å². The lowest BCUT2D eigenvalue weighted by atomic mass is 10.0. The highest BCUT2D eigenvalue weighted by Crippen LogP contribution is 2.20. The topological polar surface area (TPSA) is 95.9 Å². The minimum absolute atomic E-state index is 0.0149. The number of aliphatic hydroxyl groups is 2. The van der Waals surface area contributed by atoms with Gasteiger partial charge in [-0.2, -0.15) is 0 Å². The Hall–Kier alpha value is -1.40. The molecule has 1 amide bonds. The first kappa shape index (κ1) is 79.6. The average Bonchev–Trinajstić information content (AvgIpc) is 3.47. The largest absolute Gasteiger partial charge is 0.466 e. The van der Waals surface area contributed by atoms with Crippen molar-refractivity contribution in [3.8, 4) is 0 Å². The van der Waals surface area contributed by atoms with E-state index in [1.54, 1.807) is 0 Å². The van der Waals surface area contributed by atoms with Gasteiger partial charge in [0.05, 0.1) is 25.4 Å². The zero-order chi connectivity index (χ0) is 58.5. The quantitative estimate of drug-likeness (QED) is 0.0320. The average molecular weight is 1140 g/mol. The highest BCUT2D eigenvalue weighted by Gasteiger charge is 2.20. The third kappa shape index (κ3) is 67.6. The predicted molar refractivity (Wildman–Crippen MR) is 357 cm³/mol. The number of carbonyl (C=O) groups is 2. The Labute approximate surface area is 508 Å². The highest BCUT2D eigenvalue weighted by molar-refractivity contribution is 5.76. The van der Waals surface area contributed by atoms with Gasteiger partial charge >= 0.3 is 5.97 Å². The fraction of sp³-hybridized carbons (Fsp3) is 0.947. The summed E-state index contributed by atoms with van der Waals surface area (Å²) in [5.41, 5.74) is 0. The van der Waals surface area contributed by atoms with E-state index in [0.717, 1.165) is 44.9 Å². The normalized spacial score (nSPS) is 12.5. The van der Waals surface area contributed by atoms with Crippen molar-refractivity contribution in [3.05, 3.63) is 12.2 Å². The van der Waals surface area contributed by atoms with Gasteiger partial charge in [-0.15, -0.1) is 0 Å². The third-order valence-electron chi connectivity index (χ3n) is 17.8. The van der Waals surface area contributed by atoms with Crippen molar-refractivity contribution in [2.75, 3.05) is 13.2 Å². The Morgan fingerprint density at radius 3 is 0.877 bits per heavy atom. The van der Waals surface area contributed by atoms with E-state index in [1.165, 1.54) is 353 Å². The molecule has 0 spiro atoms. The number of ether oxygens (including phenoxy) is 1. The molecule has 0 bridgehead atoms. The summed E-state index contributed by atoms with van der Waals surface area (Å²) in [6.07, 6.45) is 88.4. The van der Waals surface area contributed by atoms with Crippen LogP contribution in [-0.2, 0) is 14.3 Å². The Bertz CT molecular complexity index is 1220. The third-order valence-corrected chi connectivity index (χ3v) is 17.8. The Morgan fingerprint density at radius 1 is 0.333 bits per heavy atom. The smallest absolute Gasteiger partial charge is 0.305 e. The molecule has 0 rings (SSSR count). The van der Waals surface area contributed by atoms with E-state index >= 15 is 0 Å². The molecule has 0 aliphatic rings. The van der Waals surface area contributed by atoms with Crippen LogP contribution < -0.4 is 5.32 Å². The second-order valence-corrected chi connectivity index (χ2v) is 26.0. The first-order chi connectivity index (χ1) is 40.0. The van der Waals surface area contributed by atoms with Crippen molar-refractivity contribution in [2.24, 2.45) is 0 Å². The number of aliphatic hydroxyl groups excluding tert-OH is 2. The number of esters is 1. The van der Waals surface area contributed by atoms with Gasteiger partial charge in [-0.25, -0.2) is 0 Å². The van der Waals surface area contributed by atoms with E-state index in [0.29, 0.717) is 25.9 Å². The number of carbonyl (C=O) groups excluding carboxylic acids is 2. The minimum Gasteiger partial charge on any atom is -0.466 e. The van der Waals surface area contributed by atoms with Gasteiger partial charge in [-0.05, 0) is 51.4 Å². The van der Waals surface area contributed by atoms with E-state index in [1.807, 2.05) is 0 Å². The van der Waals surface area contributed by atoms with E-state index in [9.17, 15) is 19.8 Å². The maximum Gasteiger partial charge on any atom is 0.305 e. The SMILES string of the molecule is CCCCCCCCC/C=C\CCCCCCCCCC(=O)OCCCCCCCCCCCCCCCCCCCCCCCCCCCC(=O)NC(CO)C(O)CCCCCCCCCCCCCCCCCCCCCCC. The van der Waals surface area contributed by atoms with Crippen molar-refractivity contribution >= 4 is 11.9 Å². The van der Waals surface area contributed by atoms with Gasteiger partial charge in [0.15, 0.2) is 0 Å². The molecular formula is C75H147NO5. The second kappa shape index (κ2) is 71.1. The summed E-state index contributed by atoms with van der Waals surface area (Å²) in [5, 5.41) is 23.4. The molecule has 0 saturated heterocycles. The highest BCUT2D eigenvalue weighted by atomic mass is 16.5. The van der Waals surface area contributed by atoms with Crippen LogP contribution in [0.1, 0.15) is 431 Å². The number of unbranched alkanes of at least 4 members (excludes halogenated alkanes) is 58. The minimum atomic E-state index is -0.664. The van der Waals surface area contributed by atoms with Gasteiger partial charge < -0.3 is 20.3 Å². The van der Waals surface area contributed by atoms with Crippen LogP contribution in [-0.4, -0.2) is 47.4 Å². The van der Waals surface area contributed by atoms with Crippen molar-refractivity contribution in [1.29, 1.82) is 0 Å². The molecule has 0 aliphatic carbocycles. The molecule has 2 unspecified atom stereocenters. The first-order valence-electron chi connectivity index (χ1n) is 37.4. The van der Waals surface area contributed by atoms with Gasteiger partial charge in [0, 0.05) is 12.8 Å². The van der Waals surface area contributed by atoms with Crippen LogP contribution in [0.3, 0.4) is 0 Å². The summed E-state index contributed by atoms with van der Waals surface area (Å²) in [7, 11) is 0. The van der Waals surface area contributed by atoms with Gasteiger partial charge in [0.1, 0.15) is 0 Å². The van der Waals surface area contributed by atoms with Gasteiger partial charge in [-0.1, -0.05) is 379 Å². The molecule has 0 aromatic heterocycles. The van der Waals surface area contributed by atoms with Crippen LogP contribution >= 0.6 is 0 Å². The Kier molecular flexibility index (Phi) is 69.9. The van der Waals surface area contributed by atoms with Crippen LogP contribution in [0.15, 0.2) is 12.2 Å². The molecule has 0 saturated carbocycles. The number of amides is 1. The second-order valence-electron chi connectivity index (χ2n) is 26.0. The molecule has 6 nitrogen and oxygen atoms in total. The molecule has 0 heterocycles. The predicted octanol–water partition coefficient (Wildman–Crippen LogP) is 24.3. The monoisotopic (exact) mass is 1140 g/mol. The summed E-state index contributed by atoms with van der Waals surface area (Å²) in [5.74, 6) is -0.0131. The number of hydrogen-bond donors (Lipinski definition) is 3. The molecule has 2 atom stereocenters. The molecule has 0 fully saturated rings. The number of rotatable bonds is 71. The Balaban J connectivity index is 3.35. The number of allylic oxidation sites excluding steroid dienone is 2. The maximum atomic E-state index is 12.6. The lowest BCUT2D eigenvalue weighted by Gasteiger charge is -2.22. The molecule has 6 heteroatoms. The van der Waals surface area contributed by atoms with Crippen LogP contribution in [0.2, 0.25) is 0 Å². The van der Waals surface area contributed by atoms with E-state index in [2.05, 4.69) is 31.3 Å². The fourth-order valence-corrected chi connectivity index (χ4v) is 12.1. The molecule has 0 aromatic rings. The number of nitrogens with one attached hydrogen (secondary N) is 1. The molecule has 0 aliphatic heterocycles. The molecule has 0 aromatic carbocycles.